The fourth-order valence-corrected chi connectivity index (χ4v) is 4.24. The van der Waals surface area contributed by atoms with E-state index in [2.05, 4.69) is 22.1 Å². The monoisotopic (exact) mass is 366 g/mol. The van der Waals surface area contributed by atoms with Crippen LogP contribution >= 0.6 is 0 Å². The molecule has 0 aliphatic carbocycles. The second-order valence-electron chi connectivity index (χ2n) is 7.65. The van der Waals surface area contributed by atoms with Gasteiger partial charge in [0.05, 0.1) is 12.1 Å². The van der Waals surface area contributed by atoms with E-state index < -0.39 is 0 Å². The molecule has 2 aliphatic heterocycles. The van der Waals surface area contributed by atoms with Crippen molar-refractivity contribution in [1.29, 1.82) is 0 Å². The average Bonchev–Trinajstić information content (AvgIpc) is 3.30. The van der Waals surface area contributed by atoms with Crippen LogP contribution in [0.5, 0.6) is 0 Å². The predicted octanol–water partition coefficient (Wildman–Crippen LogP) is 2.05. The summed E-state index contributed by atoms with van der Waals surface area (Å²) in [6, 6.07) is 9.82. The average molecular weight is 366 g/mol. The summed E-state index contributed by atoms with van der Waals surface area (Å²) in [5.41, 5.74) is 1.48. The molecular formula is C21H26N4O2. The van der Waals surface area contributed by atoms with Gasteiger partial charge in [-0.1, -0.05) is 12.1 Å². The summed E-state index contributed by atoms with van der Waals surface area (Å²) < 4.78 is 0. The summed E-state index contributed by atoms with van der Waals surface area (Å²) in [4.78, 5) is 33.7. The Bertz CT molecular complexity index is 848. The van der Waals surface area contributed by atoms with Gasteiger partial charge in [-0.05, 0) is 44.4 Å². The second kappa shape index (κ2) is 7.64. The molecule has 2 aromatic rings. The Morgan fingerprint density at radius 2 is 2.07 bits per heavy atom. The molecule has 0 saturated carbocycles. The van der Waals surface area contributed by atoms with Crippen LogP contribution in [0.2, 0.25) is 0 Å². The molecule has 2 amide bonds. The summed E-state index contributed by atoms with van der Waals surface area (Å²) in [5, 5.41) is 4.00. The Hall–Kier alpha value is -2.47. The van der Waals surface area contributed by atoms with Crippen molar-refractivity contribution in [2.45, 2.75) is 38.3 Å². The van der Waals surface area contributed by atoms with Crippen LogP contribution in [0.3, 0.4) is 0 Å². The van der Waals surface area contributed by atoms with Crippen LogP contribution in [0.4, 0.5) is 0 Å². The van der Waals surface area contributed by atoms with Gasteiger partial charge in [0.15, 0.2) is 0 Å². The van der Waals surface area contributed by atoms with Gasteiger partial charge in [0.1, 0.15) is 0 Å². The number of aromatic nitrogens is 1. The Morgan fingerprint density at radius 3 is 2.89 bits per heavy atom. The van der Waals surface area contributed by atoms with Crippen LogP contribution in [0.25, 0.3) is 10.9 Å². The van der Waals surface area contributed by atoms with E-state index >= 15 is 0 Å². The first-order chi connectivity index (χ1) is 13.1. The largest absolute Gasteiger partial charge is 0.348 e. The molecule has 3 heterocycles. The lowest BCUT2D eigenvalue weighted by Gasteiger charge is -2.24. The van der Waals surface area contributed by atoms with Gasteiger partial charge in [0.2, 0.25) is 5.91 Å². The number of rotatable bonds is 4. The maximum atomic E-state index is 12.8. The number of carbonyl (C=O) groups is 2. The quantitative estimate of drug-likeness (QED) is 0.899. The van der Waals surface area contributed by atoms with E-state index in [-0.39, 0.29) is 17.9 Å². The number of nitrogens with zero attached hydrogens (tertiary/aromatic N) is 3. The van der Waals surface area contributed by atoms with Crippen molar-refractivity contribution < 1.29 is 9.59 Å². The molecule has 0 unspecified atom stereocenters. The Balaban J connectivity index is 1.35. The minimum Gasteiger partial charge on any atom is -0.348 e. The third-order valence-corrected chi connectivity index (χ3v) is 5.73. The van der Waals surface area contributed by atoms with Crippen molar-refractivity contribution in [3.8, 4) is 0 Å². The van der Waals surface area contributed by atoms with Crippen molar-refractivity contribution in [2.24, 2.45) is 0 Å². The molecule has 142 valence electrons. The van der Waals surface area contributed by atoms with Crippen LogP contribution in [0, 0.1) is 0 Å². The highest BCUT2D eigenvalue weighted by atomic mass is 16.2. The fraction of sp³-hybridized carbons (Fsp3) is 0.476. The summed E-state index contributed by atoms with van der Waals surface area (Å²) in [7, 11) is 0. The molecule has 2 fully saturated rings. The lowest BCUT2D eigenvalue weighted by atomic mass is 10.1. The van der Waals surface area contributed by atoms with E-state index in [0.717, 1.165) is 49.8 Å². The summed E-state index contributed by atoms with van der Waals surface area (Å²) in [5.74, 6) is 0.145. The third kappa shape index (κ3) is 3.81. The molecule has 2 aliphatic rings. The van der Waals surface area contributed by atoms with Gasteiger partial charge in [-0.15, -0.1) is 0 Å². The smallest absolute Gasteiger partial charge is 0.252 e. The first-order valence-corrected chi connectivity index (χ1v) is 9.78. The highest BCUT2D eigenvalue weighted by molar-refractivity contribution is 6.06. The maximum absolute atomic E-state index is 12.8. The number of nitrogens with one attached hydrogen (secondary N) is 1. The minimum absolute atomic E-state index is 0.0695. The normalized spacial score (nSPS) is 23.1. The number of hydrogen-bond donors (Lipinski definition) is 1. The van der Waals surface area contributed by atoms with Crippen LogP contribution in [-0.4, -0.2) is 64.9 Å². The summed E-state index contributed by atoms with van der Waals surface area (Å²) in [6.07, 6.45) is 4.81. The van der Waals surface area contributed by atoms with Crippen molar-refractivity contribution in [1.82, 2.24) is 20.1 Å². The number of fused-ring (bicyclic) bond motifs is 1. The zero-order valence-corrected chi connectivity index (χ0v) is 15.7. The highest BCUT2D eigenvalue weighted by Gasteiger charge is 2.30. The lowest BCUT2D eigenvalue weighted by Crippen LogP contribution is -2.42. The maximum Gasteiger partial charge on any atom is 0.252 e. The molecular weight excluding hydrogens is 340 g/mol. The predicted molar refractivity (Wildman–Crippen MR) is 104 cm³/mol. The molecule has 0 radical (unpaired) electrons. The van der Waals surface area contributed by atoms with Gasteiger partial charge >= 0.3 is 0 Å². The summed E-state index contributed by atoms with van der Waals surface area (Å²) >= 11 is 0. The van der Waals surface area contributed by atoms with Crippen molar-refractivity contribution in [2.75, 3.05) is 26.2 Å². The zero-order chi connectivity index (χ0) is 18.8. The van der Waals surface area contributed by atoms with Crippen molar-refractivity contribution in [3.63, 3.8) is 0 Å². The van der Waals surface area contributed by atoms with E-state index in [1.165, 1.54) is 0 Å². The van der Waals surface area contributed by atoms with Crippen LogP contribution < -0.4 is 5.32 Å². The molecule has 1 N–H and O–H groups in total. The molecule has 27 heavy (non-hydrogen) atoms. The molecule has 2 atom stereocenters. The van der Waals surface area contributed by atoms with Gasteiger partial charge in [0, 0.05) is 48.9 Å². The van der Waals surface area contributed by atoms with Crippen molar-refractivity contribution in [3.05, 3.63) is 42.1 Å². The van der Waals surface area contributed by atoms with E-state index in [9.17, 15) is 9.59 Å². The van der Waals surface area contributed by atoms with E-state index in [1.807, 2.05) is 35.2 Å². The molecule has 1 aromatic heterocycles. The molecule has 0 spiro atoms. The van der Waals surface area contributed by atoms with Crippen LogP contribution in [0.1, 0.15) is 36.5 Å². The van der Waals surface area contributed by atoms with E-state index in [1.54, 1.807) is 6.20 Å². The number of benzene rings is 1. The molecule has 4 rings (SSSR count). The first-order valence-electron chi connectivity index (χ1n) is 9.78. The number of pyridine rings is 1. The molecule has 0 bridgehead atoms. The Morgan fingerprint density at radius 1 is 1.19 bits per heavy atom. The fourth-order valence-electron chi connectivity index (χ4n) is 4.24. The topological polar surface area (TPSA) is 65.5 Å². The summed E-state index contributed by atoms with van der Waals surface area (Å²) in [6.45, 7) is 5.02. The Kier molecular flexibility index (Phi) is 5.07. The van der Waals surface area contributed by atoms with Crippen LogP contribution in [0.15, 0.2) is 36.5 Å². The first kappa shape index (κ1) is 17.9. The Labute approximate surface area is 159 Å². The molecule has 6 heteroatoms. The third-order valence-electron chi connectivity index (χ3n) is 5.73. The number of amides is 2. The van der Waals surface area contributed by atoms with E-state index in [0.29, 0.717) is 18.2 Å². The van der Waals surface area contributed by atoms with Gasteiger partial charge in [-0.2, -0.15) is 0 Å². The number of carbonyl (C=O) groups excluding carboxylic acids is 2. The van der Waals surface area contributed by atoms with Crippen LogP contribution in [-0.2, 0) is 4.79 Å². The standard InChI is InChI=1S/C21H26N4O2/c1-15-5-4-11-25(15)20(26)14-24-12-9-16(13-24)23-21(27)18-6-2-8-19-17(18)7-3-10-22-19/h2-3,6-8,10,15-16H,4-5,9,11-14H2,1H3,(H,23,27)/t15-,16+/m1/s1. The lowest BCUT2D eigenvalue weighted by molar-refractivity contribution is -0.132. The second-order valence-corrected chi connectivity index (χ2v) is 7.65. The van der Waals surface area contributed by atoms with Gasteiger partial charge in [0.25, 0.3) is 5.91 Å². The highest BCUT2D eigenvalue weighted by Crippen LogP contribution is 2.19. The molecule has 6 nitrogen and oxygen atoms in total. The van der Waals surface area contributed by atoms with Gasteiger partial charge in [-0.3, -0.25) is 19.5 Å². The molecule has 2 saturated heterocycles. The molecule has 1 aromatic carbocycles. The van der Waals surface area contributed by atoms with Gasteiger partial charge < -0.3 is 10.2 Å². The van der Waals surface area contributed by atoms with Crippen molar-refractivity contribution >= 4 is 22.7 Å². The number of hydrogen-bond acceptors (Lipinski definition) is 4. The van der Waals surface area contributed by atoms with E-state index in [4.69, 9.17) is 0 Å². The zero-order valence-electron chi connectivity index (χ0n) is 15.7. The minimum atomic E-state index is -0.0695. The SMILES string of the molecule is C[C@@H]1CCCN1C(=O)CN1CC[C@H](NC(=O)c2cccc3ncccc23)C1. The van der Waals surface area contributed by atoms with Gasteiger partial charge in [-0.25, -0.2) is 0 Å². The number of likely N-dealkylation sites (tertiary alicyclic amines) is 2.